The number of amides is 2. The lowest BCUT2D eigenvalue weighted by molar-refractivity contribution is -0.139. The molecule has 1 atom stereocenters. The van der Waals surface area contributed by atoms with Crippen LogP contribution in [0.4, 0.5) is 5.69 Å². The number of rotatable bonds is 14. The van der Waals surface area contributed by atoms with E-state index in [0.29, 0.717) is 18.0 Å². The van der Waals surface area contributed by atoms with Gasteiger partial charge in [-0.25, -0.2) is 8.42 Å². The number of nitrogens with zero attached hydrogens (tertiary/aromatic N) is 2. The van der Waals surface area contributed by atoms with E-state index in [0.717, 1.165) is 21.9 Å². The Balaban J connectivity index is 2.10. The Morgan fingerprint density at radius 2 is 1.50 bits per heavy atom. The third-order valence-corrected chi connectivity index (χ3v) is 8.55. The molecule has 226 valence electrons. The van der Waals surface area contributed by atoms with E-state index in [1.54, 1.807) is 62.6 Å². The van der Waals surface area contributed by atoms with Gasteiger partial charge in [0.2, 0.25) is 11.8 Å². The zero-order valence-corrected chi connectivity index (χ0v) is 25.7. The van der Waals surface area contributed by atoms with E-state index in [1.807, 2.05) is 13.8 Å². The van der Waals surface area contributed by atoms with Gasteiger partial charge in [-0.1, -0.05) is 36.8 Å². The van der Waals surface area contributed by atoms with Gasteiger partial charge in [-0.2, -0.15) is 0 Å². The van der Waals surface area contributed by atoms with Gasteiger partial charge in [0, 0.05) is 19.2 Å². The van der Waals surface area contributed by atoms with Gasteiger partial charge in [0.1, 0.15) is 29.8 Å². The van der Waals surface area contributed by atoms with Crippen molar-refractivity contribution in [1.29, 1.82) is 0 Å². The average molecular weight is 598 g/mol. The Bertz CT molecular complexity index is 1460. The molecular formula is C31H39N3O7S. The van der Waals surface area contributed by atoms with Crippen molar-refractivity contribution in [3.8, 4) is 17.2 Å². The van der Waals surface area contributed by atoms with Crippen LogP contribution in [0.2, 0.25) is 0 Å². The fourth-order valence-electron chi connectivity index (χ4n) is 4.25. The van der Waals surface area contributed by atoms with Crippen LogP contribution in [0.15, 0.2) is 71.6 Å². The first kappa shape index (κ1) is 32.3. The number of nitrogens with one attached hydrogen (secondary N) is 1. The Hall–Kier alpha value is -4.25. The van der Waals surface area contributed by atoms with Gasteiger partial charge in [-0.15, -0.1) is 0 Å². The van der Waals surface area contributed by atoms with Gasteiger partial charge in [0.25, 0.3) is 10.0 Å². The van der Waals surface area contributed by atoms with Crippen molar-refractivity contribution in [2.75, 3.05) is 38.7 Å². The van der Waals surface area contributed by atoms with Crippen LogP contribution < -0.4 is 23.8 Å². The van der Waals surface area contributed by atoms with Crippen LogP contribution in [0.5, 0.6) is 17.2 Å². The first-order valence-corrected chi connectivity index (χ1v) is 15.0. The second-order valence-corrected chi connectivity index (χ2v) is 11.6. The minimum Gasteiger partial charge on any atom is -0.497 e. The number of sulfonamides is 1. The third kappa shape index (κ3) is 7.73. The molecule has 0 unspecified atom stereocenters. The van der Waals surface area contributed by atoms with Crippen LogP contribution in [-0.4, -0.2) is 65.6 Å². The molecule has 0 aliphatic rings. The molecule has 0 aliphatic heterocycles. The molecular weight excluding hydrogens is 558 g/mol. The van der Waals surface area contributed by atoms with Crippen LogP contribution in [0.25, 0.3) is 0 Å². The fraction of sp³-hybridized carbons (Fsp3) is 0.355. The standard InChI is InChI=1S/C31H39N3O7S/c1-7-18-32-31(36)23(3)33(20-24-10-12-25(39-4)13-11-24)30(35)21-34(28-19-26(40-5)14-17-29(28)41-6)42(37,38)27-15-8-22(2)9-16-27/h8-17,19,23H,7,18,20-21H2,1-6H3,(H,32,36)/t23-/m0/s1. The van der Waals surface area contributed by atoms with Crippen molar-refractivity contribution < 1.29 is 32.2 Å². The summed E-state index contributed by atoms with van der Waals surface area (Å²) in [5, 5.41) is 2.83. The van der Waals surface area contributed by atoms with Gasteiger partial charge < -0.3 is 24.4 Å². The summed E-state index contributed by atoms with van der Waals surface area (Å²) >= 11 is 0. The van der Waals surface area contributed by atoms with Gasteiger partial charge in [0.05, 0.1) is 31.9 Å². The molecule has 11 heteroatoms. The molecule has 0 aliphatic carbocycles. The van der Waals surface area contributed by atoms with Crippen LogP contribution in [0.3, 0.4) is 0 Å². The molecule has 2 amide bonds. The molecule has 3 aromatic rings. The number of carbonyl (C=O) groups excluding carboxylic acids is 2. The average Bonchev–Trinajstić information content (AvgIpc) is 3.00. The van der Waals surface area contributed by atoms with E-state index in [9.17, 15) is 18.0 Å². The normalized spacial score (nSPS) is 11.8. The second kappa shape index (κ2) is 14.6. The number of anilines is 1. The molecule has 42 heavy (non-hydrogen) atoms. The van der Waals surface area contributed by atoms with E-state index in [4.69, 9.17) is 14.2 Å². The monoisotopic (exact) mass is 597 g/mol. The number of methoxy groups -OCH3 is 3. The molecule has 0 saturated heterocycles. The molecule has 1 N–H and O–H groups in total. The quantitative estimate of drug-likeness (QED) is 0.297. The number of hydrogen-bond donors (Lipinski definition) is 1. The lowest BCUT2D eigenvalue weighted by Crippen LogP contribution is -2.51. The Labute approximate surface area is 248 Å². The van der Waals surface area contributed by atoms with E-state index >= 15 is 0 Å². The maximum atomic E-state index is 14.1. The molecule has 0 saturated carbocycles. The predicted molar refractivity (Wildman–Crippen MR) is 162 cm³/mol. The largest absolute Gasteiger partial charge is 0.497 e. The second-order valence-electron chi connectivity index (χ2n) is 9.70. The highest BCUT2D eigenvalue weighted by atomic mass is 32.2. The van der Waals surface area contributed by atoms with Crippen LogP contribution >= 0.6 is 0 Å². The van der Waals surface area contributed by atoms with Crippen LogP contribution in [0, 0.1) is 6.92 Å². The molecule has 0 radical (unpaired) electrons. The Kier molecular flexibility index (Phi) is 11.2. The van der Waals surface area contributed by atoms with Crippen molar-refractivity contribution >= 4 is 27.5 Å². The molecule has 0 bridgehead atoms. The fourth-order valence-corrected chi connectivity index (χ4v) is 5.67. The minimum atomic E-state index is -4.27. The maximum Gasteiger partial charge on any atom is 0.264 e. The highest BCUT2D eigenvalue weighted by molar-refractivity contribution is 7.92. The lowest BCUT2D eigenvalue weighted by atomic mass is 10.1. The van der Waals surface area contributed by atoms with E-state index in [2.05, 4.69) is 5.32 Å². The van der Waals surface area contributed by atoms with Crippen molar-refractivity contribution in [1.82, 2.24) is 10.2 Å². The zero-order valence-electron chi connectivity index (χ0n) is 24.9. The first-order chi connectivity index (χ1) is 20.0. The first-order valence-electron chi connectivity index (χ1n) is 13.6. The topological polar surface area (TPSA) is 114 Å². The number of ether oxygens (including phenoxy) is 3. The summed E-state index contributed by atoms with van der Waals surface area (Å²) < 4.78 is 45.3. The SMILES string of the molecule is CCCNC(=O)[C@H](C)N(Cc1ccc(OC)cc1)C(=O)CN(c1cc(OC)ccc1OC)S(=O)(=O)c1ccc(C)cc1. The van der Waals surface area contributed by atoms with Gasteiger partial charge >= 0.3 is 0 Å². The van der Waals surface area contributed by atoms with Crippen LogP contribution in [0.1, 0.15) is 31.4 Å². The van der Waals surface area contributed by atoms with Gasteiger partial charge in [0.15, 0.2) is 0 Å². The molecule has 3 rings (SSSR count). The van der Waals surface area contributed by atoms with Crippen molar-refractivity contribution in [2.45, 2.75) is 44.7 Å². The smallest absolute Gasteiger partial charge is 0.264 e. The Morgan fingerprint density at radius 3 is 2.07 bits per heavy atom. The van der Waals surface area contributed by atoms with Crippen molar-refractivity contribution in [3.63, 3.8) is 0 Å². The summed E-state index contributed by atoms with van der Waals surface area (Å²) in [6, 6.07) is 17.3. The van der Waals surface area contributed by atoms with E-state index in [-0.39, 0.29) is 28.8 Å². The summed E-state index contributed by atoms with van der Waals surface area (Å²) in [7, 11) is 0.168. The lowest BCUT2D eigenvalue weighted by Gasteiger charge is -2.32. The van der Waals surface area contributed by atoms with Crippen LogP contribution in [-0.2, 0) is 26.2 Å². The molecule has 0 fully saturated rings. The van der Waals surface area contributed by atoms with Crippen molar-refractivity contribution in [3.05, 3.63) is 77.9 Å². The summed E-state index contributed by atoms with van der Waals surface area (Å²) in [6.07, 6.45) is 0.725. The summed E-state index contributed by atoms with van der Waals surface area (Å²) in [5.74, 6) is 0.335. The third-order valence-electron chi connectivity index (χ3n) is 6.77. The van der Waals surface area contributed by atoms with E-state index in [1.165, 1.54) is 37.3 Å². The molecule has 0 heterocycles. The summed E-state index contributed by atoms with van der Waals surface area (Å²) in [5.41, 5.74) is 1.75. The minimum absolute atomic E-state index is 0.00112. The predicted octanol–water partition coefficient (Wildman–Crippen LogP) is 4.16. The zero-order chi connectivity index (χ0) is 30.9. The number of carbonyl (C=O) groups is 2. The van der Waals surface area contributed by atoms with E-state index < -0.39 is 28.5 Å². The highest BCUT2D eigenvalue weighted by Crippen LogP contribution is 2.36. The number of hydrogen-bond acceptors (Lipinski definition) is 7. The summed E-state index contributed by atoms with van der Waals surface area (Å²) in [6.45, 7) is 5.32. The molecule has 10 nitrogen and oxygen atoms in total. The summed E-state index contributed by atoms with van der Waals surface area (Å²) in [4.78, 5) is 28.5. The highest BCUT2D eigenvalue weighted by Gasteiger charge is 2.34. The molecule has 0 spiro atoms. The number of aryl methyl sites for hydroxylation is 1. The number of benzene rings is 3. The molecule has 3 aromatic carbocycles. The van der Waals surface area contributed by atoms with Crippen molar-refractivity contribution in [2.24, 2.45) is 0 Å². The maximum absolute atomic E-state index is 14.1. The molecule has 0 aromatic heterocycles. The van der Waals surface area contributed by atoms with Gasteiger partial charge in [-0.3, -0.25) is 13.9 Å². The Morgan fingerprint density at radius 1 is 0.881 bits per heavy atom. The van der Waals surface area contributed by atoms with Gasteiger partial charge in [-0.05, 0) is 62.2 Å².